The molecule has 0 saturated heterocycles. The molecule has 0 N–H and O–H groups in total. The summed E-state index contributed by atoms with van der Waals surface area (Å²) in [7, 11) is 1.78. The predicted molar refractivity (Wildman–Crippen MR) is 88.9 cm³/mol. The number of rotatable bonds is 7. The van der Waals surface area contributed by atoms with Crippen molar-refractivity contribution in [1.29, 1.82) is 0 Å². The molecule has 3 aromatic heterocycles. The average molecular weight is 413 g/mol. The molecule has 1 atom stereocenters. The van der Waals surface area contributed by atoms with Crippen molar-refractivity contribution >= 4 is 15.9 Å². The van der Waals surface area contributed by atoms with Crippen molar-refractivity contribution in [2.75, 3.05) is 6.61 Å². The number of nitrogens with zero attached hydrogens (tertiary/aromatic N) is 6. The number of pyridine rings is 1. The van der Waals surface area contributed by atoms with Crippen LogP contribution >= 0.6 is 15.9 Å². The van der Waals surface area contributed by atoms with E-state index in [9.17, 15) is 8.78 Å². The normalized spacial score (nSPS) is 12.7. The van der Waals surface area contributed by atoms with Crippen molar-refractivity contribution in [2.24, 2.45) is 7.05 Å². The molecular formula is C15H15BrF2N6O. The molecule has 3 rings (SSSR count). The van der Waals surface area contributed by atoms with Crippen LogP contribution in [0.5, 0.6) is 0 Å². The van der Waals surface area contributed by atoms with Crippen LogP contribution in [0, 0.1) is 0 Å². The van der Waals surface area contributed by atoms with Crippen LogP contribution in [-0.2, 0) is 11.8 Å². The summed E-state index contributed by atoms with van der Waals surface area (Å²) in [4.78, 5) is 8.54. The van der Waals surface area contributed by atoms with E-state index in [1.807, 2.05) is 12.1 Å². The van der Waals surface area contributed by atoms with Crippen LogP contribution in [0.1, 0.15) is 18.2 Å². The molecule has 7 nitrogen and oxygen atoms in total. The molecule has 0 aliphatic rings. The predicted octanol–water partition coefficient (Wildman–Crippen LogP) is 3.05. The van der Waals surface area contributed by atoms with Crippen molar-refractivity contribution in [3.63, 3.8) is 0 Å². The molecular weight excluding hydrogens is 398 g/mol. The second kappa shape index (κ2) is 7.79. The molecule has 0 spiro atoms. The Morgan fingerprint density at radius 3 is 2.68 bits per heavy atom. The first-order chi connectivity index (χ1) is 12.0. The van der Waals surface area contributed by atoms with E-state index in [2.05, 4.69) is 40.8 Å². The van der Waals surface area contributed by atoms with Gasteiger partial charge in [-0.3, -0.25) is 9.67 Å². The summed E-state index contributed by atoms with van der Waals surface area (Å²) in [6.07, 6.45) is 6.86. The molecule has 0 bridgehead atoms. The SMILES string of the molecule is Cn1ncnc1-c1cnn([C@H](CCOC(F)F)c2ccc(Br)cn2)c1. The Morgan fingerprint density at radius 2 is 2.04 bits per heavy atom. The van der Waals surface area contributed by atoms with Crippen LogP contribution in [0.2, 0.25) is 0 Å². The summed E-state index contributed by atoms with van der Waals surface area (Å²) in [6.45, 7) is -2.91. The number of alkyl halides is 2. The van der Waals surface area contributed by atoms with Gasteiger partial charge in [0.2, 0.25) is 0 Å². The molecule has 10 heteroatoms. The number of hydrogen-bond acceptors (Lipinski definition) is 5. The molecule has 0 aromatic carbocycles. The quantitative estimate of drug-likeness (QED) is 0.596. The van der Waals surface area contributed by atoms with E-state index < -0.39 is 6.61 Å². The van der Waals surface area contributed by atoms with Crippen LogP contribution in [0.3, 0.4) is 0 Å². The van der Waals surface area contributed by atoms with E-state index in [1.165, 1.54) is 6.33 Å². The highest BCUT2D eigenvalue weighted by Gasteiger charge is 2.19. The van der Waals surface area contributed by atoms with Crippen LogP contribution in [0.25, 0.3) is 11.4 Å². The monoisotopic (exact) mass is 412 g/mol. The summed E-state index contributed by atoms with van der Waals surface area (Å²) < 4.78 is 33.1. The average Bonchev–Trinajstić information content (AvgIpc) is 3.21. The number of hydrogen-bond donors (Lipinski definition) is 0. The highest BCUT2D eigenvalue weighted by molar-refractivity contribution is 9.10. The Hall–Kier alpha value is -2.20. The first-order valence-corrected chi connectivity index (χ1v) is 8.23. The van der Waals surface area contributed by atoms with E-state index in [0.29, 0.717) is 17.9 Å². The van der Waals surface area contributed by atoms with Crippen molar-refractivity contribution in [2.45, 2.75) is 19.1 Å². The van der Waals surface area contributed by atoms with Crippen LogP contribution in [0.15, 0.2) is 41.5 Å². The first-order valence-electron chi connectivity index (χ1n) is 7.44. The van der Waals surface area contributed by atoms with Gasteiger partial charge in [0.15, 0.2) is 5.82 Å². The van der Waals surface area contributed by atoms with Gasteiger partial charge in [-0.05, 0) is 34.5 Å². The van der Waals surface area contributed by atoms with Gasteiger partial charge in [0.25, 0.3) is 0 Å². The second-order valence-electron chi connectivity index (χ2n) is 5.25. The van der Waals surface area contributed by atoms with Gasteiger partial charge < -0.3 is 4.74 Å². The van der Waals surface area contributed by atoms with Crippen molar-refractivity contribution in [3.05, 3.63) is 47.2 Å². The Morgan fingerprint density at radius 1 is 1.20 bits per heavy atom. The van der Waals surface area contributed by atoms with E-state index in [1.54, 1.807) is 35.0 Å². The highest BCUT2D eigenvalue weighted by atomic mass is 79.9. The van der Waals surface area contributed by atoms with Gasteiger partial charge in [0, 0.05) is 23.9 Å². The fraction of sp³-hybridized carbons (Fsp3) is 0.333. The lowest BCUT2D eigenvalue weighted by Crippen LogP contribution is -2.16. The maximum absolute atomic E-state index is 12.3. The van der Waals surface area contributed by atoms with Gasteiger partial charge in [-0.15, -0.1) is 0 Å². The first kappa shape index (κ1) is 17.6. The zero-order valence-electron chi connectivity index (χ0n) is 13.3. The van der Waals surface area contributed by atoms with E-state index in [0.717, 1.165) is 10.0 Å². The topological polar surface area (TPSA) is 70.7 Å². The zero-order chi connectivity index (χ0) is 17.8. The summed E-state index contributed by atoms with van der Waals surface area (Å²) in [5, 5.41) is 8.38. The molecule has 0 unspecified atom stereocenters. The van der Waals surface area contributed by atoms with Crippen LogP contribution in [0.4, 0.5) is 8.78 Å². The standard InChI is InChI=1S/C15H15BrF2N6O/c1-23-14(20-9-22-23)10-6-21-24(8-10)13(4-5-25-15(17)18)12-3-2-11(16)7-19-12/h2-3,6-9,13,15H,4-5H2,1H3/t13-/m1/s1. The summed E-state index contributed by atoms with van der Waals surface area (Å²) in [6, 6.07) is 3.32. The van der Waals surface area contributed by atoms with E-state index in [4.69, 9.17) is 0 Å². The Labute approximate surface area is 150 Å². The minimum absolute atomic E-state index is 0.112. The Balaban J connectivity index is 1.87. The largest absolute Gasteiger partial charge is 0.345 e. The summed E-state index contributed by atoms with van der Waals surface area (Å²) in [5.74, 6) is 0.664. The molecule has 0 saturated carbocycles. The van der Waals surface area contributed by atoms with Crippen molar-refractivity contribution in [1.82, 2.24) is 29.5 Å². The van der Waals surface area contributed by atoms with Crippen LogP contribution < -0.4 is 0 Å². The van der Waals surface area contributed by atoms with Gasteiger partial charge >= 0.3 is 6.61 Å². The number of aromatic nitrogens is 6. The molecule has 0 fully saturated rings. The summed E-state index contributed by atoms with van der Waals surface area (Å²) >= 11 is 3.33. The van der Waals surface area contributed by atoms with Gasteiger partial charge in [-0.1, -0.05) is 0 Å². The fourth-order valence-corrected chi connectivity index (χ4v) is 2.68. The maximum atomic E-state index is 12.3. The van der Waals surface area contributed by atoms with Gasteiger partial charge in [0.05, 0.1) is 30.1 Å². The molecule has 0 aliphatic carbocycles. The molecule has 0 radical (unpaired) electrons. The number of halogens is 3. The molecule has 0 aliphatic heterocycles. The lowest BCUT2D eigenvalue weighted by molar-refractivity contribution is -0.130. The van der Waals surface area contributed by atoms with Gasteiger partial charge in [-0.2, -0.15) is 19.0 Å². The maximum Gasteiger partial charge on any atom is 0.345 e. The smallest absolute Gasteiger partial charge is 0.323 e. The Kier molecular flexibility index (Phi) is 5.49. The lowest BCUT2D eigenvalue weighted by atomic mass is 10.1. The molecule has 132 valence electrons. The minimum atomic E-state index is -2.80. The lowest BCUT2D eigenvalue weighted by Gasteiger charge is -2.17. The van der Waals surface area contributed by atoms with Crippen molar-refractivity contribution < 1.29 is 13.5 Å². The van der Waals surface area contributed by atoms with E-state index in [-0.39, 0.29) is 12.6 Å². The van der Waals surface area contributed by atoms with Gasteiger partial charge in [0.1, 0.15) is 6.33 Å². The van der Waals surface area contributed by atoms with E-state index >= 15 is 0 Å². The highest BCUT2D eigenvalue weighted by Crippen LogP contribution is 2.24. The second-order valence-corrected chi connectivity index (χ2v) is 6.17. The minimum Gasteiger partial charge on any atom is -0.323 e. The molecule has 3 aromatic rings. The number of aryl methyl sites for hydroxylation is 1. The third-order valence-corrected chi connectivity index (χ3v) is 4.09. The van der Waals surface area contributed by atoms with Crippen molar-refractivity contribution in [3.8, 4) is 11.4 Å². The Bertz CT molecular complexity index is 820. The molecule has 0 amide bonds. The fourth-order valence-electron chi connectivity index (χ4n) is 2.45. The molecule has 25 heavy (non-hydrogen) atoms. The molecule has 3 heterocycles. The third kappa shape index (κ3) is 4.26. The third-order valence-electron chi connectivity index (χ3n) is 3.62. The number of ether oxygens (including phenoxy) is 1. The van der Waals surface area contributed by atoms with Crippen LogP contribution in [-0.4, -0.2) is 42.7 Å². The van der Waals surface area contributed by atoms with Gasteiger partial charge in [-0.25, -0.2) is 9.67 Å². The zero-order valence-corrected chi connectivity index (χ0v) is 14.8. The summed E-state index contributed by atoms with van der Waals surface area (Å²) in [5.41, 5.74) is 1.48.